The lowest BCUT2D eigenvalue weighted by molar-refractivity contribution is -0.122. The van der Waals surface area contributed by atoms with Gasteiger partial charge in [-0.3, -0.25) is 14.4 Å². The minimum atomic E-state index is -0.895. The number of benzene rings is 3. The maximum absolute atomic E-state index is 14.1. The van der Waals surface area contributed by atoms with Crippen LogP contribution in [-0.4, -0.2) is 36.8 Å². The fourth-order valence-corrected chi connectivity index (χ4v) is 6.19. The standard InChI is InChI=1S/C28H20BrFN2O4/c1-36-22-13-7-16(14-19(22)29)26(33)25-24-23(21-12-6-15-4-2-3-5-20(15)32(21)25)27(34)31(28(24)35)18-10-8-17(30)9-11-18/h2-14,21,23-25H,1H3. The topological polar surface area (TPSA) is 66.9 Å². The van der Waals surface area contributed by atoms with Gasteiger partial charge in [0.2, 0.25) is 11.8 Å². The van der Waals surface area contributed by atoms with Gasteiger partial charge in [0.25, 0.3) is 0 Å². The number of carbonyl (C=O) groups is 3. The number of ether oxygens (including phenoxy) is 1. The van der Waals surface area contributed by atoms with Crippen molar-refractivity contribution in [2.45, 2.75) is 12.1 Å². The molecule has 3 aromatic rings. The van der Waals surface area contributed by atoms with Crippen molar-refractivity contribution >= 4 is 51.0 Å². The number of halogens is 2. The molecule has 2 amide bonds. The van der Waals surface area contributed by atoms with Crippen molar-refractivity contribution in [3.05, 3.63) is 94.2 Å². The number of rotatable bonds is 4. The molecule has 2 fully saturated rings. The lowest BCUT2D eigenvalue weighted by Crippen LogP contribution is -2.48. The number of hydrogen-bond donors (Lipinski definition) is 0. The Bertz CT molecular complexity index is 1450. The molecule has 3 aliphatic rings. The zero-order valence-electron chi connectivity index (χ0n) is 19.1. The zero-order chi connectivity index (χ0) is 25.1. The summed E-state index contributed by atoms with van der Waals surface area (Å²) in [5.74, 6) is -2.63. The number of nitrogens with zero attached hydrogens (tertiary/aromatic N) is 2. The van der Waals surface area contributed by atoms with Gasteiger partial charge in [-0.05, 0) is 70.0 Å². The van der Waals surface area contributed by atoms with E-state index in [0.29, 0.717) is 21.5 Å². The van der Waals surface area contributed by atoms with Crippen molar-refractivity contribution in [3.63, 3.8) is 0 Å². The Kier molecular flexibility index (Phi) is 5.30. The second-order valence-electron chi connectivity index (χ2n) is 9.01. The molecule has 3 aliphatic heterocycles. The molecule has 0 aromatic heterocycles. The molecule has 0 aliphatic carbocycles. The minimum absolute atomic E-state index is 0.261. The van der Waals surface area contributed by atoms with Crippen molar-refractivity contribution in [1.82, 2.24) is 0 Å². The van der Waals surface area contributed by atoms with Gasteiger partial charge in [0, 0.05) is 11.3 Å². The number of Topliss-reactive ketones (excluding diaryl/α,β-unsaturated/α-hetero) is 1. The molecule has 6 nitrogen and oxygen atoms in total. The Hall–Kier alpha value is -3.78. The molecule has 36 heavy (non-hydrogen) atoms. The molecule has 0 bridgehead atoms. The van der Waals surface area contributed by atoms with Crippen LogP contribution in [0.25, 0.3) is 6.08 Å². The van der Waals surface area contributed by atoms with Crippen LogP contribution in [0.3, 0.4) is 0 Å². The van der Waals surface area contributed by atoms with E-state index in [0.717, 1.165) is 16.2 Å². The summed E-state index contributed by atoms with van der Waals surface area (Å²) in [6.45, 7) is 0. The number of carbonyl (C=O) groups excluding carboxylic acids is 3. The Morgan fingerprint density at radius 3 is 2.42 bits per heavy atom. The maximum Gasteiger partial charge on any atom is 0.240 e. The smallest absolute Gasteiger partial charge is 0.240 e. The van der Waals surface area contributed by atoms with Crippen LogP contribution in [0, 0.1) is 17.7 Å². The summed E-state index contributed by atoms with van der Waals surface area (Å²) in [4.78, 5) is 44.6. The zero-order valence-corrected chi connectivity index (χ0v) is 20.7. The molecule has 2 saturated heterocycles. The van der Waals surface area contributed by atoms with Crippen molar-refractivity contribution in [3.8, 4) is 5.75 Å². The van der Waals surface area contributed by atoms with Gasteiger partial charge >= 0.3 is 0 Å². The lowest BCUT2D eigenvalue weighted by atomic mass is 9.86. The third-order valence-electron chi connectivity index (χ3n) is 7.20. The average molecular weight is 547 g/mol. The first-order chi connectivity index (χ1) is 17.4. The summed E-state index contributed by atoms with van der Waals surface area (Å²) >= 11 is 3.44. The van der Waals surface area contributed by atoms with E-state index in [9.17, 15) is 18.8 Å². The van der Waals surface area contributed by atoms with Crippen LogP contribution in [0.5, 0.6) is 5.75 Å². The quantitative estimate of drug-likeness (QED) is 0.345. The highest BCUT2D eigenvalue weighted by atomic mass is 79.9. The van der Waals surface area contributed by atoms with Crippen molar-refractivity contribution < 1.29 is 23.5 Å². The second-order valence-corrected chi connectivity index (χ2v) is 9.87. The van der Waals surface area contributed by atoms with Crippen LogP contribution in [0.1, 0.15) is 15.9 Å². The Morgan fingerprint density at radius 2 is 1.69 bits per heavy atom. The van der Waals surface area contributed by atoms with E-state index in [1.165, 1.54) is 31.4 Å². The number of ketones is 1. The van der Waals surface area contributed by atoms with E-state index >= 15 is 0 Å². The van der Waals surface area contributed by atoms with Gasteiger partial charge < -0.3 is 9.64 Å². The Morgan fingerprint density at radius 1 is 0.972 bits per heavy atom. The molecule has 0 radical (unpaired) electrons. The van der Waals surface area contributed by atoms with E-state index in [1.807, 2.05) is 41.3 Å². The van der Waals surface area contributed by atoms with Gasteiger partial charge in [-0.1, -0.05) is 30.4 Å². The summed E-state index contributed by atoms with van der Waals surface area (Å²) < 4.78 is 19.5. The van der Waals surface area contributed by atoms with Gasteiger partial charge in [0.1, 0.15) is 17.6 Å². The molecular weight excluding hydrogens is 527 g/mol. The first-order valence-corrected chi connectivity index (χ1v) is 12.3. The molecular formula is C28H20BrFN2O4. The highest BCUT2D eigenvalue weighted by Crippen LogP contribution is 2.50. The molecule has 0 N–H and O–H groups in total. The molecule has 8 heteroatoms. The molecule has 3 aromatic carbocycles. The van der Waals surface area contributed by atoms with Gasteiger partial charge in [-0.25, -0.2) is 9.29 Å². The number of fused-ring (bicyclic) bond motifs is 5. The van der Waals surface area contributed by atoms with Gasteiger partial charge in [-0.2, -0.15) is 0 Å². The number of amides is 2. The van der Waals surface area contributed by atoms with Gasteiger partial charge in [0.05, 0.1) is 35.1 Å². The third kappa shape index (κ3) is 3.24. The lowest BCUT2D eigenvalue weighted by Gasteiger charge is -2.36. The molecule has 3 heterocycles. The summed E-state index contributed by atoms with van der Waals surface area (Å²) in [6.07, 6.45) is 3.83. The monoisotopic (exact) mass is 546 g/mol. The fourth-order valence-electron chi connectivity index (χ4n) is 5.65. The fraction of sp³-hybridized carbons (Fsp3) is 0.179. The molecule has 0 spiro atoms. The van der Waals surface area contributed by atoms with Crippen LogP contribution in [0.15, 0.2) is 77.3 Å². The predicted octanol–water partition coefficient (Wildman–Crippen LogP) is 4.87. The van der Waals surface area contributed by atoms with Crippen LogP contribution < -0.4 is 14.5 Å². The molecule has 4 atom stereocenters. The number of para-hydroxylation sites is 1. The maximum atomic E-state index is 14.1. The largest absolute Gasteiger partial charge is 0.496 e. The van der Waals surface area contributed by atoms with E-state index in [1.54, 1.807) is 18.2 Å². The van der Waals surface area contributed by atoms with Gasteiger partial charge in [0.15, 0.2) is 5.78 Å². The number of methoxy groups -OCH3 is 1. The minimum Gasteiger partial charge on any atom is -0.496 e. The summed E-state index contributed by atoms with van der Waals surface area (Å²) in [6, 6.07) is 16.5. The van der Waals surface area contributed by atoms with Crippen molar-refractivity contribution in [2.24, 2.45) is 11.8 Å². The van der Waals surface area contributed by atoms with Gasteiger partial charge in [-0.15, -0.1) is 0 Å². The number of imide groups is 1. The van der Waals surface area contributed by atoms with E-state index in [4.69, 9.17) is 4.74 Å². The Labute approximate surface area is 215 Å². The molecule has 0 saturated carbocycles. The van der Waals surface area contributed by atoms with E-state index in [-0.39, 0.29) is 11.7 Å². The van der Waals surface area contributed by atoms with Crippen LogP contribution in [0.2, 0.25) is 0 Å². The van der Waals surface area contributed by atoms with Crippen molar-refractivity contribution in [1.29, 1.82) is 0 Å². The van der Waals surface area contributed by atoms with Crippen LogP contribution in [0.4, 0.5) is 15.8 Å². The molecule has 6 rings (SSSR count). The van der Waals surface area contributed by atoms with Crippen molar-refractivity contribution in [2.75, 3.05) is 16.9 Å². The SMILES string of the molecule is COc1ccc(C(=O)C2C3C(=O)N(c4ccc(F)cc4)C(=O)C3C3C=Cc4ccccc4N32)cc1Br. The van der Waals surface area contributed by atoms with Crippen LogP contribution >= 0.6 is 15.9 Å². The summed E-state index contributed by atoms with van der Waals surface area (Å²) in [5, 5.41) is 0. The number of anilines is 2. The number of hydrogen-bond acceptors (Lipinski definition) is 5. The Balaban J connectivity index is 1.48. The normalized spacial score (nSPS) is 24.0. The predicted molar refractivity (Wildman–Crippen MR) is 136 cm³/mol. The summed E-state index contributed by atoms with van der Waals surface area (Å²) in [5.41, 5.74) is 2.42. The van der Waals surface area contributed by atoms with Crippen LogP contribution in [-0.2, 0) is 9.59 Å². The molecule has 4 unspecified atom stereocenters. The first-order valence-electron chi connectivity index (χ1n) is 11.5. The third-order valence-corrected chi connectivity index (χ3v) is 7.82. The summed E-state index contributed by atoms with van der Waals surface area (Å²) in [7, 11) is 1.54. The second kappa shape index (κ2) is 8.41. The van der Waals surface area contributed by atoms with E-state index < -0.39 is 35.6 Å². The molecule has 180 valence electrons. The highest BCUT2D eigenvalue weighted by Gasteiger charge is 2.64. The average Bonchev–Trinajstić information content (AvgIpc) is 3.37. The van der Waals surface area contributed by atoms with E-state index in [2.05, 4.69) is 15.9 Å². The highest BCUT2D eigenvalue weighted by molar-refractivity contribution is 9.10. The first kappa shape index (κ1) is 22.7.